The van der Waals surface area contributed by atoms with Crippen molar-refractivity contribution < 1.29 is 0 Å². The number of benzene rings is 1. The summed E-state index contributed by atoms with van der Waals surface area (Å²) >= 11 is 0. The molecule has 2 aromatic heterocycles. The lowest BCUT2D eigenvalue weighted by molar-refractivity contribution is 0.793. The Morgan fingerprint density at radius 3 is 2.60 bits per heavy atom. The number of hydrogen-bond acceptors (Lipinski definition) is 3. The molecule has 0 saturated carbocycles. The molecule has 1 aromatic carbocycles. The van der Waals surface area contributed by atoms with Crippen LogP contribution < -0.4 is 5.56 Å². The molecule has 0 saturated heterocycles. The lowest BCUT2D eigenvalue weighted by Crippen LogP contribution is -2.19. The number of hydrogen-bond donors (Lipinski definition) is 1. The fraction of sp³-hybridized carbons (Fsp3) is 0.250. The van der Waals surface area contributed by atoms with Gasteiger partial charge in [-0.05, 0) is 44.5 Å². The highest BCUT2D eigenvalue weighted by molar-refractivity contribution is 6.00. The first-order chi connectivity index (χ1) is 12.1. The number of aromatic amines is 1. The first-order valence-corrected chi connectivity index (χ1v) is 8.48. The summed E-state index contributed by atoms with van der Waals surface area (Å²) in [4.78, 5) is 22.0. The van der Waals surface area contributed by atoms with Crippen molar-refractivity contribution in [3.63, 3.8) is 0 Å². The third-order valence-corrected chi connectivity index (χ3v) is 4.00. The molecule has 25 heavy (non-hydrogen) atoms. The molecule has 3 rings (SSSR count). The van der Waals surface area contributed by atoms with Gasteiger partial charge in [-0.1, -0.05) is 37.6 Å². The molecular formula is C20H22N4O. The molecule has 5 nitrogen and oxygen atoms in total. The van der Waals surface area contributed by atoms with E-state index in [1.807, 2.05) is 62.4 Å². The lowest BCUT2D eigenvalue weighted by Gasteiger charge is -2.01. The van der Waals surface area contributed by atoms with Crippen molar-refractivity contribution in [2.24, 2.45) is 4.99 Å². The minimum atomic E-state index is -0.0800. The van der Waals surface area contributed by atoms with Crippen LogP contribution in [0.15, 0.2) is 58.3 Å². The lowest BCUT2D eigenvalue weighted by atomic mass is 10.1. The quantitative estimate of drug-likeness (QED) is 0.718. The Labute approximate surface area is 147 Å². The summed E-state index contributed by atoms with van der Waals surface area (Å²) in [7, 11) is 0. The SMILES string of the molecule is CCCc1[nH]n(-c2ccccc2)c(=O)c1C(C)=Nc1cccc(C)n1. The second-order valence-electron chi connectivity index (χ2n) is 6.03. The van der Waals surface area contributed by atoms with Crippen LogP contribution in [0.5, 0.6) is 0 Å². The summed E-state index contributed by atoms with van der Waals surface area (Å²) in [6.07, 6.45) is 1.73. The predicted octanol–water partition coefficient (Wildman–Crippen LogP) is 3.96. The van der Waals surface area contributed by atoms with Crippen molar-refractivity contribution in [1.29, 1.82) is 0 Å². The molecule has 0 amide bonds. The van der Waals surface area contributed by atoms with Gasteiger partial charge in [0.2, 0.25) is 0 Å². The normalized spacial score (nSPS) is 11.7. The molecule has 3 aromatic rings. The van der Waals surface area contributed by atoms with Crippen LogP contribution in [0.1, 0.15) is 37.2 Å². The maximum atomic E-state index is 13.0. The third-order valence-electron chi connectivity index (χ3n) is 4.00. The van der Waals surface area contributed by atoms with Gasteiger partial charge in [-0.2, -0.15) is 0 Å². The van der Waals surface area contributed by atoms with E-state index in [4.69, 9.17) is 0 Å². The van der Waals surface area contributed by atoms with E-state index in [0.29, 0.717) is 17.1 Å². The van der Waals surface area contributed by atoms with Crippen LogP contribution in [0.4, 0.5) is 5.82 Å². The van der Waals surface area contributed by atoms with Gasteiger partial charge in [0.25, 0.3) is 5.56 Å². The van der Waals surface area contributed by atoms with Crippen molar-refractivity contribution in [1.82, 2.24) is 14.8 Å². The van der Waals surface area contributed by atoms with E-state index in [2.05, 4.69) is 22.0 Å². The highest BCUT2D eigenvalue weighted by atomic mass is 16.1. The molecule has 0 aliphatic rings. The minimum Gasteiger partial charge on any atom is -0.294 e. The monoisotopic (exact) mass is 334 g/mol. The van der Waals surface area contributed by atoms with Crippen LogP contribution in [0, 0.1) is 6.92 Å². The van der Waals surface area contributed by atoms with Gasteiger partial charge in [-0.15, -0.1) is 0 Å². The summed E-state index contributed by atoms with van der Waals surface area (Å²) in [6, 6.07) is 15.3. The zero-order valence-electron chi connectivity index (χ0n) is 14.8. The van der Waals surface area contributed by atoms with E-state index >= 15 is 0 Å². The molecule has 0 fully saturated rings. The van der Waals surface area contributed by atoms with Crippen LogP contribution >= 0.6 is 0 Å². The number of pyridine rings is 1. The smallest absolute Gasteiger partial charge is 0.280 e. The number of H-pyrrole nitrogens is 1. The molecule has 0 bridgehead atoms. The first kappa shape index (κ1) is 16.9. The van der Waals surface area contributed by atoms with Crippen molar-refractivity contribution in [2.45, 2.75) is 33.6 Å². The van der Waals surface area contributed by atoms with Crippen LogP contribution in [0.3, 0.4) is 0 Å². The highest BCUT2D eigenvalue weighted by Crippen LogP contribution is 2.14. The zero-order valence-corrected chi connectivity index (χ0v) is 14.8. The van der Waals surface area contributed by atoms with Crippen molar-refractivity contribution >= 4 is 11.5 Å². The molecule has 0 spiro atoms. The van der Waals surface area contributed by atoms with Gasteiger partial charge < -0.3 is 0 Å². The van der Waals surface area contributed by atoms with E-state index in [9.17, 15) is 4.79 Å². The van der Waals surface area contributed by atoms with Crippen molar-refractivity contribution in [3.8, 4) is 5.69 Å². The van der Waals surface area contributed by atoms with E-state index in [1.165, 1.54) is 0 Å². The Kier molecular flexibility index (Phi) is 4.93. The fourth-order valence-corrected chi connectivity index (χ4v) is 2.86. The molecule has 1 N–H and O–H groups in total. The third kappa shape index (κ3) is 3.60. The van der Waals surface area contributed by atoms with Crippen LogP contribution in [-0.4, -0.2) is 20.5 Å². The topological polar surface area (TPSA) is 63.0 Å². The number of nitrogens with zero attached hydrogens (tertiary/aromatic N) is 3. The largest absolute Gasteiger partial charge is 0.294 e. The maximum absolute atomic E-state index is 13.0. The van der Waals surface area contributed by atoms with Gasteiger partial charge in [0, 0.05) is 11.4 Å². The van der Waals surface area contributed by atoms with Gasteiger partial charge in [-0.3, -0.25) is 9.89 Å². The summed E-state index contributed by atoms with van der Waals surface area (Å²) in [5.41, 5.74) is 3.86. The Hall–Kier alpha value is -2.95. The van der Waals surface area contributed by atoms with Crippen LogP contribution in [-0.2, 0) is 6.42 Å². The fourth-order valence-electron chi connectivity index (χ4n) is 2.86. The zero-order chi connectivity index (χ0) is 17.8. The molecule has 0 unspecified atom stereocenters. The summed E-state index contributed by atoms with van der Waals surface area (Å²) in [5, 5.41) is 3.25. The predicted molar refractivity (Wildman–Crippen MR) is 101 cm³/mol. The number of para-hydroxylation sites is 1. The Morgan fingerprint density at radius 1 is 1.16 bits per heavy atom. The van der Waals surface area contributed by atoms with Crippen LogP contribution in [0.2, 0.25) is 0 Å². The second-order valence-corrected chi connectivity index (χ2v) is 6.03. The van der Waals surface area contributed by atoms with Gasteiger partial charge in [0.05, 0.1) is 17.0 Å². The van der Waals surface area contributed by atoms with Crippen LogP contribution in [0.25, 0.3) is 5.69 Å². The molecule has 2 heterocycles. The molecule has 0 radical (unpaired) electrons. The molecule has 0 aliphatic heterocycles. The molecule has 5 heteroatoms. The molecule has 0 atom stereocenters. The summed E-state index contributed by atoms with van der Waals surface area (Å²) in [6.45, 7) is 5.88. The molecular weight excluding hydrogens is 312 g/mol. The van der Waals surface area contributed by atoms with E-state index in [1.54, 1.807) is 4.68 Å². The van der Waals surface area contributed by atoms with Gasteiger partial charge >= 0.3 is 0 Å². The number of aryl methyl sites for hydroxylation is 2. The highest BCUT2D eigenvalue weighted by Gasteiger charge is 2.17. The van der Waals surface area contributed by atoms with Crippen molar-refractivity contribution in [3.05, 3.63) is 75.8 Å². The molecule has 128 valence electrons. The van der Waals surface area contributed by atoms with E-state index in [0.717, 1.165) is 29.9 Å². The Morgan fingerprint density at radius 2 is 1.92 bits per heavy atom. The van der Waals surface area contributed by atoms with E-state index in [-0.39, 0.29) is 5.56 Å². The summed E-state index contributed by atoms with van der Waals surface area (Å²) < 4.78 is 1.59. The Bertz CT molecular complexity index is 951. The number of rotatable bonds is 5. The van der Waals surface area contributed by atoms with Gasteiger partial charge in [0.1, 0.15) is 0 Å². The summed E-state index contributed by atoms with van der Waals surface area (Å²) in [5.74, 6) is 0.617. The number of aromatic nitrogens is 3. The average Bonchev–Trinajstić information content (AvgIpc) is 2.92. The average molecular weight is 334 g/mol. The second kappa shape index (κ2) is 7.30. The minimum absolute atomic E-state index is 0.0800. The standard InChI is InChI=1S/C20H22N4O/c1-4-9-17-19(15(3)22-18-13-8-10-14(2)21-18)20(25)24(23-17)16-11-6-5-7-12-16/h5-8,10-13,23H,4,9H2,1-3H3. The van der Waals surface area contributed by atoms with Gasteiger partial charge in [0.15, 0.2) is 5.82 Å². The van der Waals surface area contributed by atoms with Crippen molar-refractivity contribution in [2.75, 3.05) is 0 Å². The maximum Gasteiger partial charge on any atom is 0.280 e. The first-order valence-electron chi connectivity index (χ1n) is 8.48. The number of nitrogens with one attached hydrogen (secondary N) is 1. The number of aliphatic imine (C=N–C) groups is 1. The van der Waals surface area contributed by atoms with E-state index < -0.39 is 0 Å². The van der Waals surface area contributed by atoms with Gasteiger partial charge in [-0.25, -0.2) is 14.7 Å². The molecule has 0 aliphatic carbocycles. The Balaban J connectivity index is 2.11.